The standard InChI is InChI=1S/C18H18ClN3O3S/c1-3-22(10-13-7-8-14(19)26-13)15(23)11-5-4-6-12(9-11)18(2)16(24)20-17(25)21-18/h4-9H,3,10H2,1-2H3,(H2,20,21,24,25)/t18-/m0/s1. The summed E-state index contributed by atoms with van der Waals surface area (Å²) >= 11 is 7.40. The molecule has 0 radical (unpaired) electrons. The van der Waals surface area contributed by atoms with Crippen LogP contribution >= 0.6 is 22.9 Å². The van der Waals surface area contributed by atoms with Gasteiger partial charge in [-0.25, -0.2) is 4.79 Å². The molecule has 6 nitrogen and oxygen atoms in total. The lowest BCUT2D eigenvalue weighted by Gasteiger charge is -2.24. The average Bonchev–Trinajstić information content (AvgIpc) is 3.15. The Hall–Kier alpha value is -2.38. The van der Waals surface area contributed by atoms with Crippen molar-refractivity contribution in [1.82, 2.24) is 15.5 Å². The van der Waals surface area contributed by atoms with Crippen LogP contribution in [0.1, 0.15) is 34.6 Å². The summed E-state index contributed by atoms with van der Waals surface area (Å²) in [7, 11) is 0. The van der Waals surface area contributed by atoms with E-state index in [1.54, 1.807) is 36.1 Å². The fraction of sp³-hybridized carbons (Fsp3) is 0.278. The van der Waals surface area contributed by atoms with Crippen LogP contribution in [0.2, 0.25) is 4.34 Å². The van der Waals surface area contributed by atoms with E-state index in [9.17, 15) is 14.4 Å². The summed E-state index contributed by atoms with van der Waals surface area (Å²) in [6.07, 6.45) is 0. The molecule has 0 unspecified atom stereocenters. The molecule has 1 fully saturated rings. The maximum Gasteiger partial charge on any atom is 0.322 e. The third-order valence-electron chi connectivity index (χ3n) is 4.38. The van der Waals surface area contributed by atoms with Crippen LogP contribution in [0, 0.1) is 0 Å². The predicted molar refractivity (Wildman–Crippen MR) is 100 cm³/mol. The normalized spacial score (nSPS) is 19.2. The van der Waals surface area contributed by atoms with Gasteiger partial charge in [0.05, 0.1) is 10.9 Å². The lowest BCUT2D eigenvalue weighted by Crippen LogP contribution is -2.40. The second-order valence-corrected chi connectivity index (χ2v) is 7.94. The van der Waals surface area contributed by atoms with Crippen molar-refractivity contribution in [3.8, 4) is 0 Å². The van der Waals surface area contributed by atoms with E-state index in [2.05, 4.69) is 10.6 Å². The lowest BCUT2D eigenvalue weighted by molar-refractivity contribution is -0.123. The molecule has 1 aromatic heterocycles. The molecule has 1 aliphatic rings. The number of amides is 4. The predicted octanol–water partition coefficient (Wildman–Crippen LogP) is 3.12. The first-order valence-corrected chi connectivity index (χ1v) is 9.30. The number of carbonyl (C=O) groups is 3. The Morgan fingerprint density at radius 3 is 2.62 bits per heavy atom. The van der Waals surface area contributed by atoms with Gasteiger partial charge >= 0.3 is 6.03 Å². The molecular formula is C18H18ClN3O3S. The molecule has 2 heterocycles. The maximum atomic E-state index is 12.9. The van der Waals surface area contributed by atoms with Crippen LogP contribution in [0.25, 0.3) is 0 Å². The highest BCUT2D eigenvalue weighted by Crippen LogP contribution is 2.26. The van der Waals surface area contributed by atoms with Gasteiger partial charge < -0.3 is 10.2 Å². The first kappa shape index (κ1) is 18.4. The van der Waals surface area contributed by atoms with Crippen molar-refractivity contribution < 1.29 is 14.4 Å². The fourth-order valence-electron chi connectivity index (χ4n) is 2.84. The number of imide groups is 1. The average molecular weight is 392 g/mol. The van der Waals surface area contributed by atoms with Crippen molar-refractivity contribution >= 4 is 40.8 Å². The molecule has 26 heavy (non-hydrogen) atoms. The second kappa shape index (κ2) is 7.09. The number of rotatable bonds is 5. The molecule has 0 bridgehead atoms. The summed E-state index contributed by atoms with van der Waals surface area (Å²) in [4.78, 5) is 39.2. The number of carbonyl (C=O) groups excluding carboxylic acids is 3. The van der Waals surface area contributed by atoms with E-state index in [0.717, 1.165) is 4.88 Å². The highest BCUT2D eigenvalue weighted by molar-refractivity contribution is 7.16. The van der Waals surface area contributed by atoms with Crippen molar-refractivity contribution in [2.24, 2.45) is 0 Å². The van der Waals surface area contributed by atoms with E-state index in [0.29, 0.717) is 28.6 Å². The SMILES string of the molecule is CCN(Cc1ccc(Cl)s1)C(=O)c1cccc([C@]2(C)NC(=O)NC2=O)c1. The fourth-order valence-corrected chi connectivity index (χ4v) is 3.95. The zero-order chi connectivity index (χ0) is 18.9. The summed E-state index contributed by atoms with van der Waals surface area (Å²) in [5.74, 6) is -0.583. The largest absolute Gasteiger partial charge is 0.334 e. The Balaban J connectivity index is 1.85. The molecule has 8 heteroatoms. The number of urea groups is 1. The molecule has 2 N–H and O–H groups in total. The van der Waals surface area contributed by atoms with Crippen molar-refractivity contribution in [3.05, 3.63) is 56.7 Å². The molecule has 4 amide bonds. The summed E-state index contributed by atoms with van der Waals surface area (Å²) in [6.45, 7) is 4.52. The Morgan fingerprint density at radius 1 is 1.27 bits per heavy atom. The zero-order valence-electron chi connectivity index (χ0n) is 14.3. The van der Waals surface area contributed by atoms with Crippen molar-refractivity contribution in [2.45, 2.75) is 25.9 Å². The van der Waals surface area contributed by atoms with Crippen molar-refractivity contribution in [1.29, 1.82) is 0 Å². The third-order valence-corrected chi connectivity index (χ3v) is 5.59. The second-order valence-electron chi connectivity index (χ2n) is 6.14. The summed E-state index contributed by atoms with van der Waals surface area (Å²) in [6, 6.07) is 9.95. The summed E-state index contributed by atoms with van der Waals surface area (Å²) < 4.78 is 0.682. The lowest BCUT2D eigenvalue weighted by atomic mass is 9.91. The Labute approximate surface area is 160 Å². The first-order valence-electron chi connectivity index (χ1n) is 8.11. The minimum atomic E-state index is -1.19. The quantitative estimate of drug-likeness (QED) is 0.768. The van der Waals surface area contributed by atoms with E-state index in [1.807, 2.05) is 19.1 Å². The molecule has 2 aromatic rings. The highest BCUT2D eigenvalue weighted by atomic mass is 35.5. The summed E-state index contributed by atoms with van der Waals surface area (Å²) in [5, 5.41) is 4.84. The molecule has 1 atom stereocenters. The van der Waals surface area contributed by atoms with Gasteiger partial charge in [0.25, 0.3) is 11.8 Å². The number of hydrogen-bond acceptors (Lipinski definition) is 4. The van der Waals surface area contributed by atoms with Crippen molar-refractivity contribution in [2.75, 3.05) is 6.54 Å². The number of halogens is 1. The number of nitrogens with one attached hydrogen (secondary N) is 2. The Bertz CT molecular complexity index is 882. The Morgan fingerprint density at radius 2 is 2.04 bits per heavy atom. The van der Waals surface area contributed by atoms with E-state index in [4.69, 9.17) is 11.6 Å². The zero-order valence-corrected chi connectivity index (χ0v) is 15.9. The third kappa shape index (κ3) is 3.45. The molecule has 1 saturated heterocycles. The number of thiophene rings is 1. The first-order chi connectivity index (χ1) is 12.3. The topological polar surface area (TPSA) is 78.5 Å². The van der Waals surface area contributed by atoms with Gasteiger partial charge in [-0.1, -0.05) is 23.7 Å². The van der Waals surface area contributed by atoms with Gasteiger partial charge in [0.15, 0.2) is 0 Å². The van der Waals surface area contributed by atoms with Crippen LogP contribution in [-0.2, 0) is 16.9 Å². The van der Waals surface area contributed by atoms with Crippen LogP contribution in [0.5, 0.6) is 0 Å². The Kier molecular flexibility index (Phi) is 5.02. The maximum absolute atomic E-state index is 12.9. The van der Waals surface area contributed by atoms with Gasteiger partial charge in [-0.2, -0.15) is 0 Å². The highest BCUT2D eigenvalue weighted by Gasteiger charge is 2.43. The van der Waals surface area contributed by atoms with E-state index < -0.39 is 17.5 Å². The minimum absolute atomic E-state index is 0.146. The van der Waals surface area contributed by atoms with Gasteiger partial charge in [0.2, 0.25) is 0 Å². The van der Waals surface area contributed by atoms with E-state index >= 15 is 0 Å². The molecular weight excluding hydrogens is 374 g/mol. The molecule has 1 aromatic carbocycles. The van der Waals surface area contributed by atoms with Crippen LogP contribution < -0.4 is 10.6 Å². The molecule has 0 spiro atoms. The van der Waals surface area contributed by atoms with Crippen molar-refractivity contribution in [3.63, 3.8) is 0 Å². The van der Waals surface area contributed by atoms with Crippen LogP contribution in [0.4, 0.5) is 4.79 Å². The molecule has 3 rings (SSSR count). The minimum Gasteiger partial charge on any atom is -0.334 e. The van der Waals surface area contributed by atoms with Crippen LogP contribution in [0.3, 0.4) is 0 Å². The number of hydrogen-bond donors (Lipinski definition) is 2. The van der Waals surface area contributed by atoms with E-state index in [-0.39, 0.29) is 5.91 Å². The van der Waals surface area contributed by atoms with Gasteiger partial charge in [-0.3, -0.25) is 14.9 Å². The van der Waals surface area contributed by atoms with Gasteiger partial charge in [0, 0.05) is 17.0 Å². The molecule has 1 aliphatic heterocycles. The number of benzene rings is 1. The molecule has 0 saturated carbocycles. The number of nitrogens with zero attached hydrogens (tertiary/aromatic N) is 1. The van der Waals surface area contributed by atoms with Crippen LogP contribution in [-0.4, -0.2) is 29.3 Å². The van der Waals surface area contributed by atoms with E-state index in [1.165, 1.54) is 11.3 Å². The smallest absolute Gasteiger partial charge is 0.322 e. The van der Waals surface area contributed by atoms with Gasteiger partial charge in [-0.05, 0) is 43.7 Å². The van der Waals surface area contributed by atoms with Gasteiger partial charge in [-0.15, -0.1) is 11.3 Å². The van der Waals surface area contributed by atoms with Gasteiger partial charge in [0.1, 0.15) is 5.54 Å². The monoisotopic (exact) mass is 391 g/mol. The summed E-state index contributed by atoms with van der Waals surface area (Å²) in [5.41, 5.74) is -0.171. The van der Waals surface area contributed by atoms with Crippen LogP contribution in [0.15, 0.2) is 36.4 Å². The molecule has 136 valence electrons. The molecule has 0 aliphatic carbocycles.